The molecule has 138 valence electrons. The summed E-state index contributed by atoms with van der Waals surface area (Å²) in [7, 11) is 0. The van der Waals surface area contributed by atoms with Crippen molar-refractivity contribution in [3.63, 3.8) is 0 Å². The Kier molecular flexibility index (Phi) is 6.28. The highest BCUT2D eigenvalue weighted by Crippen LogP contribution is 2.26. The summed E-state index contributed by atoms with van der Waals surface area (Å²) in [6.45, 7) is 1.91. The van der Waals surface area contributed by atoms with Crippen LogP contribution in [-0.4, -0.2) is 17.8 Å². The molecule has 5 nitrogen and oxygen atoms in total. The summed E-state index contributed by atoms with van der Waals surface area (Å²) in [6, 6.07) is 12.2. The SMILES string of the molecule is CCCC(=O)Oc1cccc(/C=C2\N=C(c3cc(I)ccc3Cl)OC2=O)c1. The Bertz CT molecular complexity index is 968. The standard InChI is InChI=1S/C20H15ClINO4/c1-2-4-18(24)26-14-6-3-5-12(9-14)10-17-20(25)27-19(23-17)15-11-13(22)7-8-16(15)21/h3,5-11H,2,4H2,1H3/b17-10-. The zero-order valence-corrected chi connectivity index (χ0v) is 17.3. The van der Waals surface area contributed by atoms with E-state index in [4.69, 9.17) is 21.1 Å². The zero-order valence-electron chi connectivity index (χ0n) is 14.4. The molecule has 0 radical (unpaired) electrons. The van der Waals surface area contributed by atoms with E-state index < -0.39 is 5.97 Å². The molecular formula is C20H15ClINO4. The van der Waals surface area contributed by atoms with Crippen LogP contribution in [0, 0.1) is 3.57 Å². The maximum atomic E-state index is 12.2. The average Bonchev–Trinajstić information content (AvgIpc) is 2.98. The first kappa shape index (κ1) is 19.6. The molecular weight excluding hydrogens is 481 g/mol. The molecule has 0 aromatic heterocycles. The van der Waals surface area contributed by atoms with E-state index in [1.807, 2.05) is 13.0 Å². The number of aliphatic imine (C=N–C) groups is 1. The molecule has 0 aliphatic carbocycles. The third-order valence-electron chi connectivity index (χ3n) is 3.63. The third kappa shape index (κ3) is 4.95. The number of cyclic esters (lactones) is 1. The molecule has 3 rings (SSSR count). The van der Waals surface area contributed by atoms with Gasteiger partial charge in [-0.05, 0) is 71.0 Å². The number of rotatable bonds is 5. The Labute approximate surface area is 175 Å². The Balaban J connectivity index is 1.86. The highest BCUT2D eigenvalue weighted by Gasteiger charge is 2.25. The Morgan fingerprint density at radius 2 is 2.11 bits per heavy atom. The first-order chi connectivity index (χ1) is 13.0. The molecule has 0 spiro atoms. The van der Waals surface area contributed by atoms with E-state index in [-0.39, 0.29) is 17.6 Å². The minimum Gasteiger partial charge on any atom is -0.427 e. The number of ether oxygens (including phenoxy) is 2. The number of nitrogens with zero attached hydrogens (tertiary/aromatic N) is 1. The van der Waals surface area contributed by atoms with Gasteiger partial charge in [0.2, 0.25) is 5.90 Å². The molecule has 2 aromatic carbocycles. The van der Waals surface area contributed by atoms with E-state index in [1.165, 1.54) is 0 Å². The van der Waals surface area contributed by atoms with Gasteiger partial charge >= 0.3 is 11.9 Å². The summed E-state index contributed by atoms with van der Waals surface area (Å²) < 4.78 is 11.5. The molecule has 0 atom stereocenters. The molecule has 0 saturated carbocycles. The summed E-state index contributed by atoms with van der Waals surface area (Å²) in [4.78, 5) is 28.1. The fourth-order valence-electron chi connectivity index (χ4n) is 2.40. The smallest absolute Gasteiger partial charge is 0.363 e. The first-order valence-corrected chi connectivity index (χ1v) is 9.70. The number of benzene rings is 2. The second-order valence-corrected chi connectivity index (χ2v) is 7.41. The molecule has 0 fully saturated rings. The van der Waals surface area contributed by atoms with E-state index in [1.54, 1.807) is 42.5 Å². The molecule has 0 unspecified atom stereocenters. The monoisotopic (exact) mass is 495 g/mol. The molecule has 1 aliphatic heterocycles. The summed E-state index contributed by atoms with van der Waals surface area (Å²) in [5.74, 6) is -0.274. The van der Waals surface area contributed by atoms with Gasteiger partial charge in [0.25, 0.3) is 0 Å². The molecule has 7 heteroatoms. The van der Waals surface area contributed by atoms with Crippen LogP contribution < -0.4 is 4.74 Å². The van der Waals surface area contributed by atoms with Crippen LogP contribution in [0.3, 0.4) is 0 Å². The zero-order chi connectivity index (χ0) is 19.4. The molecule has 0 saturated heterocycles. The van der Waals surface area contributed by atoms with Gasteiger partial charge in [-0.15, -0.1) is 0 Å². The highest BCUT2D eigenvalue weighted by atomic mass is 127. The van der Waals surface area contributed by atoms with Crippen LogP contribution in [0.25, 0.3) is 6.08 Å². The lowest BCUT2D eigenvalue weighted by atomic mass is 10.2. The molecule has 0 bridgehead atoms. The van der Waals surface area contributed by atoms with Crippen molar-refractivity contribution in [3.8, 4) is 5.75 Å². The summed E-state index contributed by atoms with van der Waals surface area (Å²) in [5.41, 5.74) is 1.38. The first-order valence-electron chi connectivity index (χ1n) is 8.25. The maximum Gasteiger partial charge on any atom is 0.363 e. The van der Waals surface area contributed by atoms with E-state index >= 15 is 0 Å². The van der Waals surface area contributed by atoms with E-state index in [0.29, 0.717) is 34.7 Å². The quantitative estimate of drug-likeness (QED) is 0.254. The van der Waals surface area contributed by atoms with E-state index in [9.17, 15) is 9.59 Å². The van der Waals surface area contributed by atoms with Gasteiger partial charge in [-0.3, -0.25) is 4.79 Å². The number of halogens is 2. The van der Waals surface area contributed by atoms with Crippen molar-refractivity contribution in [2.75, 3.05) is 0 Å². The molecule has 1 heterocycles. The van der Waals surface area contributed by atoms with Crippen LogP contribution in [0.15, 0.2) is 53.2 Å². The third-order valence-corrected chi connectivity index (χ3v) is 4.63. The van der Waals surface area contributed by atoms with Crippen LogP contribution in [0.2, 0.25) is 5.02 Å². The van der Waals surface area contributed by atoms with Crippen molar-refractivity contribution in [1.29, 1.82) is 0 Å². The average molecular weight is 496 g/mol. The number of carbonyl (C=O) groups is 2. The van der Waals surface area contributed by atoms with Gasteiger partial charge in [-0.25, -0.2) is 9.79 Å². The second-order valence-electron chi connectivity index (χ2n) is 5.76. The van der Waals surface area contributed by atoms with Crippen LogP contribution in [-0.2, 0) is 14.3 Å². The summed E-state index contributed by atoms with van der Waals surface area (Å²) in [6.07, 6.45) is 2.64. The predicted octanol–water partition coefficient (Wildman–Crippen LogP) is 4.99. The molecule has 2 aromatic rings. The Morgan fingerprint density at radius 1 is 1.30 bits per heavy atom. The fraction of sp³-hybridized carbons (Fsp3) is 0.150. The van der Waals surface area contributed by atoms with Gasteiger partial charge in [0, 0.05) is 9.99 Å². The normalized spacial score (nSPS) is 14.9. The van der Waals surface area contributed by atoms with Gasteiger partial charge in [-0.1, -0.05) is 30.7 Å². The van der Waals surface area contributed by atoms with Crippen LogP contribution in [0.4, 0.5) is 0 Å². The lowest BCUT2D eigenvalue weighted by Gasteiger charge is -2.04. The number of hydrogen-bond acceptors (Lipinski definition) is 5. The van der Waals surface area contributed by atoms with Gasteiger partial charge < -0.3 is 9.47 Å². The lowest BCUT2D eigenvalue weighted by Crippen LogP contribution is -2.07. The van der Waals surface area contributed by atoms with Gasteiger partial charge in [-0.2, -0.15) is 0 Å². The Morgan fingerprint density at radius 3 is 2.89 bits per heavy atom. The maximum absolute atomic E-state index is 12.2. The van der Waals surface area contributed by atoms with Crippen molar-refractivity contribution < 1.29 is 19.1 Å². The minimum atomic E-state index is -0.562. The topological polar surface area (TPSA) is 65.0 Å². The molecule has 27 heavy (non-hydrogen) atoms. The van der Waals surface area contributed by atoms with E-state index in [2.05, 4.69) is 27.6 Å². The second kappa shape index (κ2) is 8.67. The molecule has 1 aliphatic rings. The van der Waals surface area contributed by atoms with Gasteiger partial charge in [0.15, 0.2) is 5.70 Å². The Hall–Kier alpha value is -2.19. The largest absolute Gasteiger partial charge is 0.427 e. The van der Waals surface area contributed by atoms with Gasteiger partial charge in [0.05, 0.1) is 10.6 Å². The summed E-state index contributed by atoms with van der Waals surface area (Å²) in [5, 5.41) is 0.452. The van der Waals surface area contributed by atoms with Crippen molar-refractivity contribution in [2.24, 2.45) is 4.99 Å². The number of hydrogen-bond donors (Lipinski definition) is 0. The fourth-order valence-corrected chi connectivity index (χ4v) is 3.09. The van der Waals surface area contributed by atoms with Crippen molar-refractivity contribution in [1.82, 2.24) is 0 Å². The lowest BCUT2D eigenvalue weighted by molar-refractivity contribution is -0.134. The summed E-state index contributed by atoms with van der Waals surface area (Å²) >= 11 is 8.33. The highest BCUT2D eigenvalue weighted by molar-refractivity contribution is 14.1. The van der Waals surface area contributed by atoms with Crippen molar-refractivity contribution in [2.45, 2.75) is 19.8 Å². The minimum absolute atomic E-state index is 0.150. The van der Waals surface area contributed by atoms with Crippen LogP contribution in [0.1, 0.15) is 30.9 Å². The van der Waals surface area contributed by atoms with Crippen LogP contribution >= 0.6 is 34.2 Å². The molecule has 0 amide bonds. The van der Waals surface area contributed by atoms with Crippen molar-refractivity contribution >= 4 is 58.1 Å². The molecule has 0 N–H and O–H groups in total. The predicted molar refractivity (Wildman–Crippen MR) is 112 cm³/mol. The van der Waals surface area contributed by atoms with Gasteiger partial charge in [0.1, 0.15) is 5.75 Å². The number of esters is 2. The van der Waals surface area contributed by atoms with Crippen molar-refractivity contribution in [3.05, 3.63) is 67.9 Å². The number of carbonyl (C=O) groups excluding carboxylic acids is 2. The van der Waals surface area contributed by atoms with E-state index in [0.717, 1.165) is 3.57 Å². The van der Waals surface area contributed by atoms with Crippen LogP contribution in [0.5, 0.6) is 5.75 Å².